The Hall–Kier alpha value is -3.91. The van der Waals surface area contributed by atoms with Crippen molar-refractivity contribution in [2.24, 2.45) is 0 Å². The summed E-state index contributed by atoms with van der Waals surface area (Å²) in [7, 11) is 0. The van der Waals surface area contributed by atoms with Crippen molar-refractivity contribution in [2.45, 2.75) is 25.6 Å². The summed E-state index contributed by atoms with van der Waals surface area (Å²) in [4.78, 5) is 32.2. The number of nitrogens with one attached hydrogen (secondary N) is 2. The minimum Gasteiger partial charge on any atom is -0.445 e. The summed E-state index contributed by atoms with van der Waals surface area (Å²) in [5.74, 6) is 0.582. The maximum absolute atomic E-state index is 13.1. The molecule has 2 aromatic carbocycles. The molecule has 8 heteroatoms. The van der Waals surface area contributed by atoms with Crippen molar-refractivity contribution in [3.8, 4) is 0 Å². The largest absolute Gasteiger partial charge is 0.445 e. The fourth-order valence-corrected chi connectivity index (χ4v) is 3.81. The third-order valence-corrected chi connectivity index (χ3v) is 5.72. The van der Waals surface area contributed by atoms with Crippen LogP contribution in [0.15, 0.2) is 79.0 Å². The van der Waals surface area contributed by atoms with Gasteiger partial charge in [-0.15, -0.1) is 0 Å². The van der Waals surface area contributed by atoms with Gasteiger partial charge in [0.1, 0.15) is 18.5 Å². The number of hydrogen-bond acceptors (Lipinski definition) is 6. The van der Waals surface area contributed by atoms with Crippen molar-refractivity contribution in [1.29, 1.82) is 0 Å². The van der Waals surface area contributed by atoms with Crippen LogP contribution in [0.3, 0.4) is 0 Å². The number of nitrogens with zero attached hydrogens (tertiary/aromatic N) is 2. The second-order valence-corrected chi connectivity index (χ2v) is 8.29. The maximum Gasteiger partial charge on any atom is 0.408 e. The maximum atomic E-state index is 13.1. The van der Waals surface area contributed by atoms with Gasteiger partial charge in [0.25, 0.3) is 0 Å². The Morgan fingerprint density at radius 3 is 2.34 bits per heavy atom. The number of benzene rings is 2. The minimum atomic E-state index is -0.777. The predicted octanol–water partition coefficient (Wildman–Crippen LogP) is 3.07. The average molecular weight is 475 g/mol. The van der Waals surface area contributed by atoms with Crippen LogP contribution in [0.2, 0.25) is 0 Å². The highest BCUT2D eigenvalue weighted by Gasteiger charge is 2.22. The van der Waals surface area contributed by atoms with Gasteiger partial charge in [0, 0.05) is 32.3 Å². The average Bonchev–Trinajstić information content (AvgIpc) is 2.92. The molecule has 1 aromatic heterocycles. The van der Waals surface area contributed by atoms with Gasteiger partial charge in [0.05, 0.1) is 13.2 Å². The Kier molecular flexibility index (Phi) is 8.67. The van der Waals surface area contributed by atoms with E-state index < -0.39 is 12.1 Å². The molecule has 0 saturated carbocycles. The molecule has 8 nitrogen and oxygen atoms in total. The van der Waals surface area contributed by atoms with Gasteiger partial charge in [-0.25, -0.2) is 9.78 Å². The van der Waals surface area contributed by atoms with E-state index in [4.69, 9.17) is 9.47 Å². The van der Waals surface area contributed by atoms with Crippen LogP contribution in [0.5, 0.6) is 0 Å². The molecule has 0 aliphatic carbocycles. The fourth-order valence-electron chi connectivity index (χ4n) is 3.81. The second-order valence-electron chi connectivity index (χ2n) is 8.29. The normalized spacial score (nSPS) is 14.1. The third kappa shape index (κ3) is 7.55. The standard InChI is InChI=1S/C27H30N4O4/c32-26(29-19-23-11-12-28-25(18-23)31-13-15-34-16-14-31)24(17-21-7-3-1-4-8-21)30-27(33)35-20-22-9-5-2-6-10-22/h1-12,18,24H,13-17,19-20H2,(H,29,32)(H,30,33). The zero-order valence-corrected chi connectivity index (χ0v) is 19.6. The summed E-state index contributed by atoms with van der Waals surface area (Å²) in [6.45, 7) is 3.39. The van der Waals surface area contributed by atoms with E-state index in [0.717, 1.165) is 35.6 Å². The number of amides is 2. The van der Waals surface area contributed by atoms with Gasteiger partial charge in [-0.1, -0.05) is 60.7 Å². The summed E-state index contributed by atoms with van der Waals surface area (Å²) in [5.41, 5.74) is 2.75. The Balaban J connectivity index is 1.37. The molecule has 1 aliphatic rings. The summed E-state index contributed by atoms with van der Waals surface area (Å²) < 4.78 is 10.7. The molecule has 1 atom stereocenters. The molecule has 1 unspecified atom stereocenters. The quantitative estimate of drug-likeness (QED) is 0.495. The van der Waals surface area contributed by atoms with Gasteiger partial charge in [-0.2, -0.15) is 0 Å². The highest BCUT2D eigenvalue weighted by Crippen LogP contribution is 2.14. The first-order chi connectivity index (χ1) is 17.2. The molecular formula is C27H30N4O4. The molecule has 35 heavy (non-hydrogen) atoms. The van der Waals surface area contributed by atoms with Crippen LogP contribution in [0.25, 0.3) is 0 Å². The van der Waals surface area contributed by atoms with Crippen molar-refractivity contribution < 1.29 is 19.1 Å². The van der Waals surface area contributed by atoms with Crippen molar-refractivity contribution in [3.05, 3.63) is 95.7 Å². The molecule has 2 N–H and O–H groups in total. The number of ether oxygens (including phenoxy) is 2. The first-order valence-electron chi connectivity index (χ1n) is 11.7. The highest BCUT2D eigenvalue weighted by molar-refractivity contribution is 5.85. The third-order valence-electron chi connectivity index (χ3n) is 5.72. The van der Waals surface area contributed by atoms with Crippen LogP contribution < -0.4 is 15.5 Å². The molecule has 3 aromatic rings. The van der Waals surface area contributed by atoms with Crippen LogP contribution in [-0.2, 0) is 33.8 Å². The van der Waals surface area contributed by atoms with Gasteiger partial charge < -0.3 is 25.0 Å². The number of alkyl carbamates (subject to hydrolysis) is 1. The number of carbonyl (C=O) groups excluding carboxylic acids is 2. The second kappa shape index (κ2) is 12.5. The molecule has 0 spiro atoms. The number of carbonyl (C=O) groups is 2. The first-order valence-corrected chi connectivity index (χ1v) is 11.7. The van der Waals surface area contributed by atoms with Gasteiger partial charge in [0.2, 0.25) is 5.91 Å². The monoisotopic (exact) mass is 474 g/mol. The topological polar surface area (TPSA) is 92.8 Å². The Labute approximate surface area is 205 Å². The van der Waals surface area contributed by atoms with Crippen LogP contribution in [0, 0.1) is 0 Å². The van der Waals surface area contributed by atoms with Crippen LogP contribution >= 0.6 is 0 Å². The molecule has 2 heterocycles. The minimum absolute atomic E-state index is 0.133. The van der Waals surface area contributed by atoms with Crippen molar-refractivity contribution >= 4 is 17.8 Å². The molecule has 4 rings (SSSR count). The van der Waals surface area contributed by atoms with Crippen molar-refractivity contribution in [3.63, 3.8) is 0 Å². The molecule has 0 bridgehead atoms. The fraction of sp³-hybridized carbons (Fsp3) is 0.296. The molecule has 0 radical (unpaired) electrons. The van der Waals surface area contributed by atoms with Crippen LogP contribution in [-0.4, -0.2) is 49.3 Å². The molecule has 2 amide bonds. The number of aromatic nitrogens is 1. The number of morpholine rings is 1. The Morgan fingerprint density at radius 2 is 1.63 bits per heavy atom. The van der Waals surface area contributed by atoms with Gasteiger partial charge >= 0.3 is 6.09 Å². The predicted molar refractivity (Wildman–Crippen MR) is 133 cm³/mol. The number of anilines is 1. The van der Waals surface area contributed by atoms with Crippen LogP contribution in [0.4, 0.5) is 10.6 Å². The zero-order valence-electron chi connectivity index (χ0n) is 19.6. The molecular weight excluding hydrogens is 444 g/mol. The van der Waals surface area contributed by atoms with E-state index in [1.807, 2.05) is 72.8 Å². The Morgan fingerprint density at radius 1 is 0.943 bits per heavy atom. The van der Waals surface area contributed by atoms with Gasteiger partial charge in [0.15, 0.2) is 0 Å². The van der Waals surface area contributed by atoms with E-state index in [2.05, 4.69) is 20.5 Å². The first kappa shape index (κ1) is 24.2. The lowest BCUT2D eigenvalue weighted by Crippen LogP contribution is -2.48. The van der Waals surface area contributed by atoms with E-state index in [0.29, 0.717) is 26.2 Å². The van der Waals surface area contributed by atoms with E-state index in [-0.39, 0.29) is 12.5 Å². The molecule has 1 saturated heterocycles. The SMILES string of the molecule is O=C(NC(Cc1ccccc1)C(=O)NCc1ccnc(N2CCOCC2)c1)OCc1ccccc1. The van der Waals surface area contributed by atoms with Crippen LogP contribution in [0.1, 0.15) is 16.7 Å². The Bertz CT molecular complexity index is 1090. The molecule has 182 valence electrons. The van der Waals surface area contributed by atoms with E-state index in [1.54, 1.807) is 6.20 Å². The zero-order chi connectivity index (χ0) is 24.3. The smallest absolute Gasteiger partial charge is 0.408 e. The molecule has 1 fully saturated rings. The summed E-state index contributed by atoms with van der Waals surface area (Å²) in [6.07, 6.45) is 1.46. The summed E-state index contributed by atoms with van der Waals surface area (Å²) in [6, 6.07) is 22.1. The molecule has 1 aliphatic heterocycles. The van der Waals surface area contributed by atoms with Gasteiger partial charge in [-0.3, -0.25) is 4.79 Å². The van der Waals surface area contributed by atoms with E-state index in [9.17, 15) is 9.59 Å². The lowest BCUT2D eigenvalue weighted by atomic mass is 10.1. The lowest BCUT2D eigenvalue weighted by molar-refractivity contribution is -0.123. The van der Waals surface area contributed by atoms with Gasteiger partial charge in [-0.05, 0) is 28.8 Å². The lowest BCUT2D eigenvalue weighted by Gasteiger charge is -2.28. The van der Waals surface area contributed by atoms with Crippen molar-refractivity contribution in [1.82, 2.24) is 15.6 Å². The summed E-state index contributed by atoms with van der Waals surface area (Å²) >= 11 is 0. The van der Waals surface area contributed by atoms with E-state index >= 15 is 0 Å². The van der Waals surface area contributed by atoms with Crippen molar-refractivity contribution in [2.75, 3.05) is 31.2 Å². The number of pyridine rings is 1. The highest BCUT2D eigenvalue weighted by atomic mass is 16.5. The summed E-state index contributed by atoms with van der Waals surface area (Å²) in [5, 5.41) is 5.68. The number of rotatable bonds is 9. The van der Waals surface area contributed by atoms with E-state index in [1.165, 1.54) is 0 Å². The number of hydrogen-bond donors (Lipinski definition) is 2.